The summed E-state index contributed by atoms with van der Waals surface area (Å²) in [6.07, 6.45) is 1.21. The second-order valence-electron chi connectivity index (χ2n) is 4.12. The third kappa shape index (κ3) is 5.14. The summed E-state index contributed by atoms with van der Waals surface area (Å²) in [4.78, 5) is 13.5. The van der Waals surface area contributed by atoms with Gasteiger partial charge in [-0.15, -0.1) is 0 Å². The lowest BCUT2D eigenvalue weighted by Gasteiger charge is -2.35. The van der Waals surface area contributed by atoms with Crippen LogP contribution < -0.4 is 0 Å². The minimum absolute atomic E-state index is 0.148. The van der Waals surface area contributed by atoms with Crippen LogP contribution >= 0.6 is 0 Å². The zero-order chi connectivity index (χ0) is 11.9. The fraction of sp³-hybridized carbons (Fsp3) is 0.909. The molecule has 0 fully saturated rings. The Kier molecular flexibility index (Phi) is 6.52. The van der Waals surface area contributed by atoms with Crippen LogP contribution in [0.4, 0.5) is 0 Å². The molecule has 0 radical (unpaired) electrons. The van der Waals surface area contributed by atoms with Crippen molar-refractivity contribution in [2.45, 2.75) is 32.2 Å². The van der Waals surface area contributed by atoms with Gasteiger partial charge in [0.25, 0.3) is 0 Å². The van der Waals surface area contributed by atoms with Crippen LogP contribution in [-0.2, 0) is 14.3 Å². The highest BCUT2D eigenvalue weighted by Gasteiger charge is 2.30. The van der Waals surface area contributed by atoms with Crippen LogP contribution in [0.3, 0.4) is 0 Å². The first-order valence-electron chi connectivity index (χ1n) is 5.28. The van der Waals surface area contributed by atoms with Gasteiger partial charge < -0.3 is 14.4 Å². The molecule has 15 heavy (non-hydrogen) atoms. The molecule has 0 N–H and O–H groups in total. The number of nitrogens with zero attached hydrogens (tertiary/aromatic N) is 1. The van der Waals surface area contributed by atoms with Crippen LogP contribution in [0.2, 0.25) is 0 Å². The molecule has 0 saturated carbocycles. The Morgan fingerprint density at radius 3 is 2.40 bits per heavy atom. The summed E-state index contributed by atoms with van der Waals surface area (Å²) in [5.41, 5.74) is -0.192. The van der Waals surface area contributed by atoms with Gasteiger partial charge in [-0.3, -0.25) is 4.79 Å². The fourth-order valence-electron chi connectivity index (χ4n) is 1.32. The number of rotatable bonds is 7. The third-order valence-electron chi connectivity index (χ3n) is 2.75. The largest absolute Gasteiger partial charge is 0.466 e. The van der Waals surface area contributed by atoms with E-state index < -0.39 is 0 Å². The molecular formula is C11H23NO3. The first-order valence-corrected chi connectivity index (χ1v) is 5.28. The number of hydrogen-bond donors (Lipinski definition) is 0. The van der Waals surface area contributed by atoms with Crippen molar-refractivity contribution in [1.82, 2.24) is 4.90 Å². The Morgan fingerprint density at radius 2 is 2.00 bits per heavy atom. The van der Waals surface area contributed by atoms with Crippen molar-refractivity contribution in [3.05, 3.63) is 0 Å². The molecule has 0 rings (SSSR count). The molecule has 0 aliphatic carbocycles. The van der Waals surface area contributed by atoms with Gasteiger partial charge in [0.1, 0.15) is 0 Å². The molecule has 0 amide bonds. The highest BCUT2D eigenvalue weighted by atomic mass is 16.5. The van der Waals surface area contributed by atoms with Crippen LogP contribution in [0.1, 0.15) is 26.7 Å². The molecular weight excluding hydrogens is 194 g/mol. The fourth-order valence-corrected chi connectivity index (χ4v) is 1.32. The molecule has 0 aliphatic heterocycles. The molecule has 4 heteroatoms. The first kappa shape index (κ1) is 14.4. The highest BCUT2D eigenvalue weighted by Crippen LogP contribution is 2.21. The van der Waals surface area contributed by atoms with E-state index in [1.54, 1.807) is 7.11 Å². The summed E-state index contributed by atoms with van der Waals surface area (Å²) in [7, 11) is 5.60. The maximum Gasteiger partial charge on any atom is 0.307 e. The Balaban J connectivity index is 4.30. The van der Waals surface area contributed by atoms with Crippen LogP contribution in [0, 0.1) is 0 Å². The van der Waals surface area contributed by atoms with Crippen molar-refractivity contribution in [3.63, 3.8) is 0 Å². The molecule has 1 atom stereocenters. The van der Waals surface area contributed by atoms with Crippen LogP contribution in [-0.4, -0.2) is 50.8 Å². The van der Waals surface area contributed by atoms with Crippen molar-refractivity contribution in [1.29, 1.82) is 0 Å². The van der Waals surface area contributed by atoms with Crippen LogP contribution in [0.25, 0.3) is 0 Å². The number of ether oxygens (including phenoxy) is 2. The van der Waals surface area contributed by atoms with E-state index in [4.69, 9.17) is 9.47 Å². The normalized spacial score (nSPS) is 15.1. The zero-order valence-electron chi connectivity index (χ0n) is 10.5. The quantitative estimate of drug-likeness (QED) is 0.602. The maximum absolute atomic E-state index is 11.4. The number of esters is 1. The summed E-state index contributed by atoms with van der Waals surface area (Å²) in [6, 6.07) is 0. The van der Waals surface area contributed by atoms with Crippen molar-refractivity contribution in [2.24, 2.45) is 0 Å². The standard InChI is InChI=1S/C11H23NO3/c1-6-15-10(13)9-11(2,12(3)4)7-8-14-5/h6-9H2,1-5H3. The number of hydrogen-bond acceptors (Lipinski definition) is 4. The molecule has 90 valence electrons. The number of carbonyl (C=O) groups is 1. The average molecular weight is 217 g/mol. The molecule has 0 aliphatic rings. The molecule has 0 heterocycles. The van der Waals surface area contributed by atoms with Gasteiger partial charge in [-0.05, 0) is 34.4 Å². The van der Waals surface area contributed by atoms with Gasteiger partial charge in [0, 0.05) is 19.3 Å². The zero-order valence-corrected chi connectivity index (χ0v) is 10.5. The SMILES string of the molecule is CCOC(=O)CC(C)(CCOC)N(C)C. The van der Waals surface area contributed by atoms with Gasteiger partial charge in [-0.2, -0.15) is 0 Å². The lowest BCUT2D eigenvalue weighted by molar-refractivity contribution is -0.146. The highest BCUT2D eigenvalue weighted by molar-refractivity contribution is 5.70. The van der Waals surface area contributed by atoms with E-state index in [1.807, 2.05) is 32.8 Å². The van der Waals surface area contributed by atoms with E-state index in [0.717, 1.165) is 6.42 Å². The van der Waals surface area contributed by atoms with Gasteiger partial charge in [0.15, 0.2) is 0 Å². The molecule has 0 aromatic carbocycles. The topological polar surface area (TPSA) is 38.8 Å². The van der Waals surface area contributed by atoms with Crippen molar-refractivity contribution >= 4 is 5.97 Å². The lowest BCUT2D eigenvalue weighted by atomic mass is 9.92. The molecule has 1 unspecified atom stereocenters. The minimum Gasteiger partial charge on any atom is -0.466 e. The van der Waals surface area contributed by atoms with Gasteiger partial charge in [0.05, 0.1) is 13.0 Å². The monoisotopic (exact) mass is 217 g/mol. The Hall–Kier alpha value is -0.610. The van der Waals surface area contributed by atoms with Crippen molar-refractivity contribution in [3.8, 4) is 0 Å². The third-order valence-corrected chi connectivity index (χ3v) is 2.75. The van der Waals surface area contributed by atoms with E-state index in [2.05, 4.69) is 0 Å². The van der Waals surface area contributed by atoms with E-state index in [-0.39, 0.29) is 11.5 Å². The molecule has 0 saturated heterocycles. The summed E-state index contributed by atoms with van der Waals surface area (Å²) in [5.74, 6) is -0.148. The molecule has 0 aromatic rings. The smallest absolute Gasteiger partial charge is 0.307 e. The van der Waals surface area contributed by atoms with Crippen LogP contribution in [0.15, 0.2) is 0 Å². The maximum atomic E-state index is 11.4. The lowest BCUT2D eigenvalue weighted by Crippen LogP contribution is -2.44. The van der Waals surface area contributed by atoms with E-state index in [9.17, 15) is 4.79 Å². The van der Waals surface area contributed by atoms with Crippen molar-refractivity contribution < 1.29 is 14.3 Å². The average Bonchev–Trinajstić information content (AvgIpc) is 2.14. The Morgan fingerprint density at radius 1 is 1.40 bits per heavy atom. The molecule has 0 bridgehead atoms. The predicted octanol–water partition coefficient (Wildman–Crippen LogP) is 1.30. The predicted molar refractivity (Wildman–Crippen MR) is 59.8 cm³/mol. The van der Waals surface area contributed by atoms with Gasteiger partial charge in [-0.1, -0.05) is 0 Å². The number of methoxy groups -OCH3 is 1. The summed E-state index contributed by atoms with van der Waals surface area (Å²) in [6.45, 7) is 4.95. The van der Waals surface area contributed by atoms with Gasteiger partial charge in [-0.25, -0.2) is 0 Å². The van der Waals surface area contributed by atoms with Gasteiger partial charge >= 0.3 is 5.97 Å². The summed E-state index contributed by atoms with van der Waals surface area (Å²) in [5, 5.41) is 0. The van der Waals surface area contributed by atoms with Crippen LogP contribution in [0.5, 0.6) is 0 Å². The Labute approximate surface area is 92.5 Å². The van der Waals surface area contributed by atoms with Gasteiger partial charge in [0.2, 0.25) is 0 Å². The van der Waals surface area contributed by atoms with E-state index >= 15 is 0 Å². The molecule has 4 nitrogen and oxygen atoms in total. The second kappa shape index (κ2) is 6.80. The summed E-state index contributed by atoms with van der Waals surface area (Å²) < 4.78 is 10.0. The molecule has 0 spiro atoms. The summed E-state index contributed by atoms with van der Waals surface area (Å²) >= 11 is 0. The van der Waals surface area contributed by atoms with Crippen molar-refractivity contribution in [2.75, 3.05) is 34.4 Å². The second-order valence-corrected chi connectivity index (χ2v) is 4.12. The first-order chi connectivity index (χ1) is 6.96. The minimum atomic E-state index is -0.192. The molecule has 0 aromatic heterocycles. The van der Waals surface area contributed by atoms with E-state index in [1.165, 1.54) is 0 Å². The number of carbonyl (C=O) groups excluding carboxylic acids is 1. The van der Waals surface area contributed by atoms with E-state index in [0.29, 0.717) is 19.6 Å². The Bertz CT molecular complexity index is 194.